The quantitative estimate of drug-likeness (QED) is 0.793. The molecule has 0 spiro atoms. The van der Waals surface area contributed by atoms with Gasteiger partial charge in [-0.1, -0.05) is 11.6 Å². The highest BCUT2D eigenvalue weighted by atomic mass is 35.5. The molecule has 0 aromatic carbocycles. The Balaban J connectivity index is 2.01. The van der Waals surface area contributed by atoms with Crippen LogP contribution >= 0.6 is 23.2 Å². The third-order valence-electron chi connectivity index (χ3n) is 3.18. The van der Waals surface area contributed by atoms with Gasteiger partial charge in [-0.2, -0.15) is 0 Å². The van der Waals surface area contributed by atoms with Gasteiger partial charge in [0.05, 0.1) is 11.1 Å². The lowest BCUT2D eigenvalue weighted by molar-refractivity contribution is 0.0458. The molecule has 1 aliphatic rings. The molecule has 1 fully saturated rings. The summed E-state index contributed by atoms with van der Waals surface area (Å²) < 4.78 is 5.64. The standard InChI is InChI=1S/C13H18Cl2N2O/c1-2-18-11-3-5-17(6-4-11)13-12(15)7-10(8-14)9-16-13/h7,9,11H,2-6,8H2,1H3. The van der Waals surface area contributed by atoms with Crippen LogP contribution in [0.25, 0.3) is 0 Å². The van der Waals surface area contributed by atoms with Crippen molar-refractivity contribution in [2.75, 3.05) is 24.6 Å². The molecule has 1 aromatic heterocycles. The molecule has 18 heavy (non-hydrogen) atoms. The first-order chi connectivity index (χ1) is 8.74. The molecular formula is C13H18Cl2N2O. The van der Waals surface area contributed by atoms with Crippen LogP contribution < -0.4 is 4.90 Å². The van der Waals surface area contributed by atoms with Crippen molar-refractivity contribution in [2.45, 2.75) is 31.7 Å². The van der Waals surface area contributed by atoms with Crippen LogP contribution in [-0.2, 0) is 10.6 Å². The van der Waals surface area contributed by atoms with Crippen LogP contribution in [0.5, 0.6) is 0 Å². The molecule has 0 unspecified atom stereocenters. The minimum absolute atomic E-state index is 0.382. The van der Waals surface area contributed by atoms with Crippen LogP contribution in [0, 0.1) is 0 Å². The fourth-order valence-corrected chi connectivity index (χ4v) is 2.70. The average Bonchev–Trinajstić information content (AvgIpc) is 2.40. The van der Waals surface area contributed by atoms with Crippen LogP contribution in [0.15, 0.2) is 12.3 Å². The number of hydrogen-bond acceptors (Lipinski definition) is 3. The molecule has 0 N–H and O–H groups in total. The molecule has 0 amide bonds. The molecule has 0 saturated carbocycles. The largest absolute Gasteiger partial charge is 0.378 e. The first-order valence-electron chi connectivity index (χ1n) is 6.31. The van der Waals surface area contributed by atoms with Gasteiger partial charge in [0.2, 0.25) is 0 Å². The van der Waals surface area contributed by atoms with Gasteiger partial charge < -0.3 is 9.64 Å². The maximum atomic E-state index is 6.24. The highest BCUT2D eigenvalue weighted by Gasteiger charge is 2.21. The number of aromatic nitrogens is 1. The number of rotatable bonds is 4. The summed E-state index contributed by atoms with van der Waals surface area (Å²) in [5.74, 6) is 1.31. The Morgan fingerprint density at radius 2 is 2.17 bits per heavy atom. The molecule has 3 nitrogen and oxygen atoms in total. The molecule has 2 heterocycles. The second-order valence-corrected chi connectivity index (χ2v) is 5.10. The molecule has 0 aliphatic carbocycles. The van der Waals surface area contributed by atoms with Crippen molar-refractivity contribution in [3.63, 3.8) is 0 Å². The summed E-state index contributed by atoms with van der Waals surface area (Å²) in [6, 6.07) is 1.89. The third kappa shape index (κ3) is 3.28. The van der Waals surface area contributed by atoms with Crippen LogP contribution in [-0.4, -0.2) is 30.8 Å². The van der Waals surface area contributed by atoms with E-state index in [0.717, 1.165) is 43.9 Å². The van der Waals surface area contributed by atoms with E-state index in [-0.39, 0.29) is 0 Å². The average molecular weight is 289 g/mol. The third-order valence-corrected chi connectivity index (χ3v) is 3.76. The van der Waals surface area contributed by atoms with E-state index < -0.39 is 0 Å². The fraction of sp³-hybridized carbons (Fsp3) is 0.615. The first kappa shape index (κ1) is 13.9. The maximum Gasteiger partial charge on any atom is 0.147 e. The zero-order valence-corrected chi connectivity index (χ0v) is 12.0. The normalized spacial score (nSPS) is 17.2. The Morgan fingerprint density at radius 1 is 1.44 bits per heavy atom. The SMILES string of the molecule is CCOC1CCN(c2ncc(CCl)cc2Cl)CC1. The van der Waals surface area contributed by atoms with Crippen molar-refractivity contribution in [1.82, 2.24) is 4.98 Å². The number of alkyl halides is 1. The van der Waals surface area contributed by atoms with E-state index in [0.29, 0.717) is 17.0 Å². The van der Waals surface area contributed by atoms with E-state index in [4.69, 9.17) is 27.9 Å². The Hall–Kier alpha value is -0.510. The Labute approximate surface area is 118 Å². The van der Waals surface area contributed by atoms with E-state index in [1.54, 1.807) is 6.20 Å². The van der Waals surface area contributed by atoms with Crippen LogP contribution in [0.4, 0.5) is 5.82 Å². The number of hydrogen-bond donors (Lipinski definition) is 0. The van der Waals surface area contributed by atoms with Crippen molar-refractivity contribution < 1.29 is 4.74 Å². The highest BCUT2D eigenvalue weighted by molar-refractivity contribution is 6.33. The number of nitrogens with zero attached hydrogens (tertiary/aromatic N) is 2. The van der Waals surface area contributed by atoms with Gasteiger partial charge in [0.25, 0.3) is 0 Å². The Kier molecular flexibility index (Phi) is 5.10. The molecule has 0 bridgehead atoms. The maximum absolute atomic E-state index is 6.24. The van der Waals surface area contributed by atoms with Gasteiger partial charge in [-0.15, -0.1) is 11.6 Å². The smallest absolute Gasteiger partial charge is 0.147 e. The fourth-order valence-electron chi connectivity index (χ4n) is 2.25. The van der Waals surface area contributed by atoms with Gasteiger partial charge >= 0.3 is 0 Å². The zero-order valence-electron chi connectivity index (χ0n) is 10.5. The van der Waals surface area contributed by atoms with Gasteiger partial charge in [0.1, 0.15) is 5.82 Å². The molecule has 0 radical (unpaired) electrons. The second-order valence-electron chi connectivity index (χ2n) is 4.42. The molecule has 2 rings (SSSR count). The number of halogens is 2. The monoisotopic (exact) mass is 288 g/mol. The second kappa shape index (κ2) is 6.60. The predicted octanol–water partition coefficient (Wildman–Crippen LogP) is 3.48. The van der Waals surface area contributed by atoms with Crippen molar-refractivity contribution in [3.8, 4) is 0 Å². The number of ether oxygens (including phenoxy) is 1. The van der Waals surface area contributed by atoms with Crippen molar-refractivity contribution in [2.24, 2.45) is 0 Å². The summed E-state index contributed by atoms with van der Waals surface area (Å²) in [6.07, 6.45) is 4.24. The van der Waals surface area contributed by atoms with Crippen molar-refractivity contribution in [1.29, 1.82) is 0 Å². The summed E-state index contributed by atoms with van der Waals surface area (Å²) in [4.78, 5) is 6.63. The van der Waals surface area contributed by atoms with E-state index in [9.17, 15) is 0 Å². The minimum atomic E-state index is 0.382. The lowest BCUT2D eigenvalue weighted by Crippen LogP contribution is -2.37. The van der Waals surface area contributed by atoms with E-state index in [2.05, 4.69) is 9.88 Å². The highest BCUT2D eigenvalue weighted by Crippen LogP contribution is 2.27. The molecule has 0 atom stereocenters. The van der Waals surface area contributed by atoms with E-state index in [1.807, 2.05) is 13.0 Å². The molecule has 100 valence electrons. The van der Waals surface area contributed by atoms with Gasteiger partial charge in [0, 0.05) is 31.8 Å². The lowest BCUT2D eigenvalue weighted by Gasteiger charge is -2.33. The Morgan fingerprint density at radius 3 is 2.72 bits per heavy atom. The van der Waals surface area contributed by atoms with Crippen LogP contribution in [0.2, 0.25) is 5.02 Å². The minimum Gasteiger partial charge on any atom is -0.378 e. The van der Waals surface area contributed by atoms with Gasteiger partial charge in [0.15, 0.2) is 0 Å². The Bertz CT molecular complexity index is 393. The molecule has 5 heteroatoms. The first-order valence-corrected chi connectivity index (χ1v) is 7.22. The van der Waals surface area contributed by atoms with E-state index >= 15 is 0 Å². The van der Waals surface area contributed by atoms with Crippen LogP contribution in [0.3, 0.4) is 0 Å². The number of anilines is 1. The summed E-state index contributed by atoms with van der Waals surface area (Å²) in [7, 11) is 0. The summed E-state index contributed by atoms with van der Waals surface area (Å²) in [5.41, 5.74) is 0.953. The lowest BCUT2D eigenvalue weighted by atomic mass is 10.1. The predicted molar refractivity (Wildman–Crippen MR) is 75.7 cm³/mol. The van der Waals surface area contributed by atoms with Gasteiger partial charge in [-0.3, -0.25) is 0 Å². The number of piperidine rings is 1. The van der Waals surface area contributed by atoms with Gasteiger partial charge in [-0.25, -0.2) is 4.98 Å². The van der Waals surface area contributed by atoms with E-state index in [1.165, 1.54) is 0 Å². The van der Waals surface area contributed by atoms with Crippen molar-refractivity contribution >= 4 is 29.0 Å². The molecule has 1 aliphatic heterocycles. The number of pyridine rings is 1. The molecule has 1 aromatic rings. The van der Waals surface area contributed by atoms with Gasteiger partial charge in [-0.05, 0) is 31.4 Å². The van der Waals surface area contributed by atoms with Crippen molar-refractivity contribution in [3.05, 3.63) is 22.8 Å². The summed E-state index contributed by atoms with van der Waals surface area (Å²) in [5, 5.41) is 0.683. The topological polar surface area (TPSA) is 25.4 Å². The molecular weight excluding hydrogens is 271 g/mol. The zero-order chi connectivity index (χ0) is 13.0. The summed E-state index contributed by atoms with van der Waals surface area (Å²) >= 11 is 12.0. The van der Waals surface area contributed by atoms with Crippen LogP contribution in [0.1, 0.15) is 25.3 Å². The summed E-state index contributed by atoms with van der Waals surface area (Å²) in [6.45, 7) is 4.71. The molecule has 1 saturated heterocycles.